The molecule has 0 fully saturated rings. The zero-order valence-corrected chi connectivity index (χ0v) is 48.0. The average molecular weight is 1040 g/mol. The molecular weight excluding hydrogens is 965 g/mol. The van der Waals surface area contributed by atoms with E-state index in [4.69, 9.17) is 0 Å². The standard InChI is InChI=1S/C78H72N2/c1-9-49-37-50(10-2)42-59(41-49)79(60-43-51(11-3)38-52(12-4)44-60)69-35-33-67-73-63(69)29-23-31-65(73)75-71(57-25-19-17-20-26-57)78-68-34-36-70(64-30-24-32-66(74(64)68)76(78)72(77(67)75)58-27-21-18-22-28-58)80(61-45-53(13-5)39-54(14-6)46-61)62-47-55(15-7)40-56(16-8)48-62/h17-48H,9-16H2,1-8H3. The van der Waals surface area contributed by atoms with Crippen LogP contribution in [0.25, 0.3) is 86.9 Å². The first kappa shape index (κ1) is 51.0. The molecule has 0 unspecified atom stereocenters. The predicted octanol–water partition coefficient (Wildman–Crippen LogP) is 22.3. The summed E-state index contributed by atoms with van der Waals surface area (Å²) in [7, 11) is 0. The fraction of sp³-hybridized carbons (Fsp3) is 0.205. The Morgan fingerprint density at radius 2 is 0.475 bits per heavy atom. The third-order valence-electron chi connectivity index (χ3n) is 17.7. The fourth-order valence-electron chi connectivity index (χ4n) is 13.6. The molecule has 394 valence electrons. The van der Waals surface area contributed by atoms with Crippen molar-refractivity contribution >= 4 is 98.8 Å². The third-order valence-corrected chi connectivity index (χ3v) is 17.7. The van der Waals surface area contributed by atoms with Crippen LogP contribution in [0.15, 0.2) is 194 Å². The summed E-state index contributed by atoms with van der Waals surface area (Å²) in [6, 6.07) is 75.8. The first-order chi connectivity index (χ1) is 39.3. The Hall–Kier alpha value is -8.46. The minimum absolute atomic E-state index is 0.980. The van der Waals surface area contributed by atoms with E-state index in [1.165, 1.54) is 166 Å². The maximum atomic E-state index is 2.58. The second-order valence-electron chi connectivity index (χ2n) is 22.2. The summed E-state index contributed by atoms with van der Waals surface area (Å²) < 4.78 is 0. The molecule has 0 aliphatic heterocycles. The zero-order valence-electron chi connectivity index (χ0n) is 48.0. The van der Waals surface area contributed by atoms with Crippen molar-refractivity contribution in [3.63, 3.8) is 0 Å². The molecule has 0 aliphatic carbocycles. The van der Waals surface area contributed by atoms with E-state index >= 15 is 0 Å². The molecule has 80 heavy (non-hydrogen) atoms. The highest BCUT2D eigenvalue weighted by atomic mass is 15.1. The lowest BCUT2D eigenvalue weighted by atomic mass is 9.87. The first-order valence-corrected chi connectivity index (χ1v) is 29.9. The van der Waals surface area contributed by atoms with Crippen LogP contribution in [-0.4, -0.2) is 0 Å². The monoisotopic (exact) mass is 1040 g/mol. The summed E-state index contributed by atoms with van der Waals surface area (Å²) in [6.07, 6.45) is 7.84. The highest BCUT2D eigenvalue weighted by Gasteiger charge is 2.30. The number of anilines is 6. The van der Waals surface area contributed by atoms with E-state index in [1.807, 2.05) is 0 Å². The maximum Gasteiger partial charge on any atom is 0.0540 e. The van der Waals surface area contributed by atoms with Crippen LogP contribution < -0.4 is 9.80 Å². The van der Waals surface area contributed by atoms with Gasteiger partial charge in [0, 0.05) is 33.5 Å². The molecule has 0 spiro atoms. The molecule has 0 saturated carbocycles. The van der Waals surface area contributed by atoms with Crippen LogP contribution >= 0.6 is 0 Å². The van der Waals surface area contributed by atoms with Crippen LogP contribution in [-0.2, 0) is 51.4 Å². The molecule has 0 bridgehead atoms. The van der Waals surface area contributed by atoms with Crippen LogP contribution in [0.4, 0.5) is 34.1 Å². The van der Waals surface area contributed by atoms with E-state index in [9.17, 15) is 0 Å². The zero-order chi connectivity index (χ0) is 54.8. The van der Waals surface area contributed by atoms with Gasteiger partial charge in [0.2, 0.25) is 0 Å². The van der Waals surface area contributed by atoms with Crippen molar-refractivity contribution in [2.45, 2.75) is 107 Å². The van der Waals surface area contributed by atoms with Crippen LogP contribution in [0, 0.1) is 0 Å². The summed E-state index contributed by atoms with van der Waals surface area (Å²) in [4.78, 5) is 5.17. The van der Waals surface area contributed by atoms with Gasteiger partial charge in [-0.05, 0) is 233 Å². The van der Waals surface area contributed by atoms with E-state index in [1.54, 1.807) is 0 Å². The van der Waals surface area contributed by atoms with Gasteiger partial charge in [-0.15, -0.1) is 0 Å². The van der Waals surface area contributed by atoms with E-state index in [-0.39, 0.29) is 0 Å². The number of hydrogen-bond donors (Lipinski definition) is 0. The van der Waals surface area contributed by atoms with E-state index in [0.717, 1.165) is 51.4 Å². The maximum absolute atomic E-state index is 2.58. The molecule has 2 heteroatoms. The Morgan fingerprint density at radius 3 is 0.738 bits per heavy atom. The minimum atomic E-state index is 0.980. The number of rotatable bonds is 16. The van der Waals surface area contributed by atoms with E-state index < -0.39 is 0 Å². The lowest BCUT2D eigenvalue weighted by Crippen LogP contribution is -2.12. The highest BCUT2D eigenvalue weighted by molar-refractivity contribution is 6.47. The number of fused-ring (bicyclic) bond motifs is 6. The van der Waals surface area contributed by atoms with E-state index in [0.29, 0.717) is 0 Å². The predicted molar refractivity (Wildman–Crippen MR) is 349 cm³/mol. The van der Waals surface area contributed by atoms with E-state index in [2.05, 4.69) is 259 Å². The second-order valence-corrected chi connectivity index (χ2v) is 22.2. The average Bonchev–Trinajstić information content (AvgIpc) is 4.16. The van der Waals surface area contributed by atoms with Gasteiger partial charge >= 0.3 is 0 Å². The van der Waals surface area contributed by atoms with Crippen LogP contribution in [0.1, 0.15) is 99.9 Å². The fourth-order valence-corrected chi connectivity index (χ4v) is 13.6. The molecular formula is C78H72N2. The molecule has 13 aromatic carbocycles. The molecule has 0 amide bonds. The molecule has 13 aromatic rings. The highest BCUT2D eigenvalue weighted by Crippen LogP contribution is 2.58. The van der Waals surface area contributed by atoms with Gasteiger partial charge in [-0.1, -0.05) is 189 Å². The van der Waals surface area contributed by atoms with Gasteiger partial charge in [-0.2, -0.15) is 0 Å². The van der Waals surface area contributed by atoms with Gasteiger partial charge in [0.1, 0.15) is 0 Å². The number of benzene rings is 11. The lowest BCUT2D eigenvalue weighted by molar-refractivity contribution is 1.07. The Kier molecular flexibility index (Phi) is 13.4. The molecule has 13 rings (SSSR count). The Bertz CT molecular complexity index is 3910. The molecule has 0 aromatic heterocycles. The lowest BCUT2D eigenvalue weighted by Gasteiger charge is -2.29. The van der Waals surface area contributed by atoms with Crippen molar-refractivity contribution < 1.29 is 0 Å². The SMILES string of the molecule is CCc1cc(CC)cc(N(c2cc(CC)cc(CC)c2)c2ccc3c4c(-c5ccccc5)c5c6cccc7c(N(c8cc(CC)cc(CC)c8)c8cc(CC)cc(CC)c8)ccc(c5c(-c5ccccc5)c4c4cccc2c43)c76)c1. The number of hydrogen-bond acceptors (Lipinski definition) is 2. The van der Waals surface area contributed by atoms with Crippen molar-refractivity contribution in [1.29, 1.82) is 0 Å². The summed E-state index contributed by atoms with van der Waals surface area (Å²) in [6.45, 7) is 18.3. The number of nitrogens with zero attached hydrogens (tertiary/aromatic N) is 2. The number of aryl methyl sites for hydroxylation is 8. The van der Waals surface area contributed by atoms with Crippen molar-refractivity contribution in [2.75, 3.05) is 9.80 Å². The van der Waals surface area contributed by atoms with Gasteiger partial charge in [0.25, 0.3) is 0 Å². The normalized spacial score (nSPS) is 11.9. The second kappa shape index (κ2) is 21.0. The summed E-state index contributed by atoms with van der Waals surface area (Å²) in [5, 5.41) is 15.6. The molecule has 0 aliphatic rings. The quantitative estimate of drug-likeness (QED) is 0.0952. The smallest absolute Gasteiger partial charge is 0.0540 e. The van der Waals surface area contributed by atoms with Crippen molar-refractivity contribution in [1.82, 2.24) is 0 Å². The topological polar surface area (TPSA) is 6.48 Å². The largest absolute Gasteiger partial charge is 0.310 e. The molecule has 0 heterocycles. The molecule has 0 N–H and O–H groups in total. The molecule has 2 nitrogen and oxygen atoms in total. The summed E-state index contributed by atoms with van der Waals surface area (Å²) in [5.74, 6) is 0. The van der Waals surface area contributed by atoms with Gasteiger partial charge in [0.15, 0.2) is 0 Å². The first-order valence-electron chi connectivity index (χ1n) is 29.9. The molecule has 0 saturated heterocycles. The van der Waals surface area contributed by atoms with Gasteiger partial charge < -0.3 is 9.80 Å². The molecule has 0 radical (unpaired) electrons. The Balaban J connectivity index is 1.18. The van der Waals surface area contributed by atoms with Crippen molar-refractivity contribution in [2.24, 2.45) is 0 Å². The Labute approximate surface area is 473 Å². The van der Waals surface area contributed by atoms with Crippen LogP contribution in [0.3, 0.4) is 0 Å². The van der Waals surface area contributed by atoms with Gasteiger partial charge in [0.05, 0.1) is 11.4 Å². The van der Waals surface area contributed by atoms with Crippen LogP contribution in [0.2, 0.25) is 0 Å². The summed E-state index contributed by atoms with van der Waals surface area (Å²) >= 11 is 0. The van der Waals surface area contributed by atoms with Crippen LogP contribution in [0.5, 0.6) is 0 Å². The van der Waals surface area contributed by atoms with Crippen molar-refractivity contribution in [3.05, 3.63) is 239 Å². The van der Waals surface area contributed by atoms with Gasteiger partial charge in [-0.3, -0.25) is 0 Å². The Morgan fingerprint density at radius 1 is 0.225 bits per heavy atom. The summed E-state index contributed by atoms with van der Waals surface area (Å²) in [5.41, 5.74) is 23.3. The molecule has 0 atom stereocenters. The minimum Gasteiger partial charge on any atom is -0.310 e. The third kappa shape index (κ3) is 8.37. The van der Waals surface area contributed by atoms with Gasteiger partial charge in [-0.25, -0.2) is 0 Å². The van der Waals surface area contributed by atoms with Crippen molar-refractivity contribution in [3.8, 4) is 22.3 Å².